The topological polar surface area (TPSA) is 79.6 Å². The summed E-state index contributed by atoms with van der Waals surface area (Å²) in [4.78, 5) is 0. The largest absolute Gasteiger partial charge is 0 e. The molecule has 5 heteroatoms. The van der Waals surface area contributed by atoms with Crippen LogP contribution in [-0.4, -0.2) is 0 Å². The Morgan fingerprint density at radius 2 is 0.500 bits per heavy atom. The summed E-state index contributed by atoms with van der Waals surface area (Å²) in [7, 11) is 0. The number of hydrogen-bond acceptors (Lipinski definition) is 0. The molecule has 0 spiro atoms. The maximum Gasteiger partial charge on any atom is 0 e. The zero-order valence-electron chi connectivity index (χ0n) is 7.62. The Bertz CT molecular complexity index is 101. The van der Waals surface area contributed by atoms with Crippen LogP contribution in [0.25, 0.3) is 0 Å². The maximum atomic E-state index is 7.50. The third-order valence-electron chi connectivity index (χ3n) is 1.25. The van der Waals surface area contributed by atoms with E-state index in [0.717, 1.165) is 0 Å². The quantitative estimate of drug-likeness (QED) is 0.451. The van der Waals surface area contributed by atoms with Crippen molar-refractivity contribution >= 4 is 0 Å². The van der Waals surface area contributed by atoms with E-state index in [1.165, 1.54) is 32.1 Å². The molecule has 0 aromatic rings. The Labute approximate surface area is 96.2 Å². The van der Waals surface area contributed by atoms with E-state index in [4.69, 9.17) is 18.6 Å². The van der Waals surface area contributed by atoms with Gasteiger partial charge in [0.05, 0.1) is 0 Å². The number of hydrogen-bond donors (Lipinski definition) is 0. The monoisotopic (exact) mass is 233 g/mol. The van der Waals surface area contributed by atoms with Crippen LogP contribution in [0, 0.1) is 26.6 Å². The standard InChI is InChI=1S/C5H10.4CO.V/c1-2-4-5-3-1;4*1-2;/h1-5H2;;;;;. The van der Waals surface area contributed by atoms with Crippen LogP contribution < -0.4 is 0 Å². The van der Waals surface area contributed by atoms with Gasteiger partial charge in [-0.25, -0.2) is 0 Å². The van der Waals surface area contributed by atoms with Gasteiger partial charge >= 0.3 is 45.2 Å². The molecule has 0 aromatic carbocycles. The molecule has 1 rings (SSSR count). The molecule has 1 aliphatic rings. The molecule has 1 aliphatic carbocycles. The normalized spacial score (nSPS) is 9.14. The van der Waals surface area contributed by atoms with Gasteiger partial charge in [0.2, 0.25) is 0 Å². The van der Waals surface area contributed by atoms with Crippen molar-refractivity contribution in [3.8, 4) is 0 Å². The van der Waals surface area contributed by atoms with Crippen molar-refractivity contribution in [3.63, 3.8) is 0 Å². The summed E-state index contributed by atoms with van der Waals surface area (Å²) in [5.74, 6) is 0. The van der Waals surface area contributed by atoms with Crippen molar-refractivity contribution in [3.05, 3.63) is 26.6 Å². The summed E-state index contributed by atoms with van der Waals surface area (Å²) in [5.41, 5.74) is 0. The predicted molar refractivity (Wildman–Crippen MR) is 38.8 cm³/mol. The molecule has 0 saturated heterocycles. The minimum atomic E-state index is 0. The average Bonchev–Trinajstić information content (AvgIpc) is 2.87. The fourth-order valence-electron chi connectivity index (χ4n) is 0.884. The second kappa shape index (κ2) is 81.0. The van der Waals surface area contributed by atoms with Crippen molar-refractivity contribution in [2.75, 3.05) is 0 Å². The summed E-state index contributed by atoms with van der Waals surface area (Å²) < 4.78 is 30.0. The fraction of sp³-hybridized carbons (Fsp3) is 0.556. The Kier molecular flexibility index (Phi) is 169. The summed E-state index contributed by atoms with van der Waals surface area (Å²) in [5, 5.41) is 0. The molecule has 0 heterocycles. The Hall–Kier alpha value is -0.456. The molecule has 0 atom stereocenters. The van der Waals surface area contributed by atoms with Crippen LogP contribution >= 0.6 is 0 Å². The molecule has 0 N–H and O–H groups in total. The molecule has 0 bridgehead atoms. The minimum Gasteiger partial charge on any atom is 0 e. The third-order valence-corrected chi connectivity index (χ3v) is 1.25. The summed E-state index contributed by atoms with van der Waals surface area (Å²) in [6.45, 7) is 18.0. The fourth-order valence-corrected chi connectivity index (χ4v) is 0.884. The Morgan fingerprint density at radius 1 is 0.429 bits per heavy atom. The van der Waals surface area contributed by atoms with E-state index in [2.05, 4.69) is 26.6 Å². The van der Waals surface area contributed by atoms with Crippen molar-refractivity contribution in [1.29, 1.82) is 0 Å². The van der Waals surface area contributed by atoms with Gasteiger partial charge in [-0.3, -0.25) is 0 Å². The molecule has 0 amide bonds. The predicted octanol–water partition coefficient (Wildman–Crippen LogP) is 1.80. The van der Waals surface area contributed by atoms with Crippen LogP contribution in [-0.2, 0) is 37.2 Å². The first-order valence-corrected chi connectivity index (χ1v) is 3.32. The van der Waals surface area contributed by atoms with Gasteiger partial charge in [0.25, 0.3) is 0 Å². The van der Waals surface area contributed by atoms with Gasteiger partial charge in [-0.2, -0.15) is 0 Å². The van der Waals surface area contributed by atoms with E-state index in [9.17, 15) is 0 Å². The maximum absolute atomic E-state index is 7.50. The van der Waals surface area contributed by atoms with Gasteiger partial charge in [0.1, 0.15) is 0 Å². The molecule has 0 aliphatic heterocycles. The van der Waals surface area contributed by atoms with Crippen LogP contribution in [0.15, 0.2) is 0 Å². The van der Waals surface area contributed by atoms with E-state index in [1.54, 1.807) is 0 Å². The summed E-state index contributed by atoms with van der Waals surface area (Å²) in [6.07, 6.45) is 7.50. The van der Waals surface area contributed by atoms with Gasteiger partial charge < -0.3 is 0 Å². The van der Waals surface area contributed by atoms with E-state index in [-0.39, 0.29) is 18.6 Å². The molecular weight excluding hydrogens is 223 g/mol. The third kappa shape index (κ3) is 62.2. The van der Waals surface area contributed by atoms with Crippen LogP contribution in [0.5, 0.6) is 0 Å². The van der Waals surface area contributed by atoms with E-state index < -0.39 is 0 Å². The summed E-state index contributed by atoms with van der Waals surface area (Å²) >= 11 is 0. The van der Waals surface area contributed by atoms with Gasteiger partial charge in [-0.1, -0.05) is 32.1 Å². The first-order valence-electron chi connectivity index (χ1n) is 3.32. The zero-order valence-corrected chi connectivity index (χ0v) is 9.01. The Morgan fingerprint density at radius 3 is 0.571 bits per heavy atom. The van der Waals surface area contributed by atoms with E-state index in [0.29, 0.717) is 0 Å². The average molecular weight is 233 g/mol. The van der Waals surface area contributed by atoms with Crippen molar-refractivity contribution in [2.24, 2.45) is 0 Å². The first kappa shape index (κ1) is 29.2. The van der Waals surface area contributed by atoms with E-state index in [1.807, 2.05) is 0 Å². The first-order chi connectivity index (χ1) is 6.50. The molecule has 0 unspecified atom stereocenters. The SMILES string of the molecule is C1CCCC1.[C-]#[O+].[C-]#[O+].[C-]#[O+].[C-]#[O+].[V]. The second-order valence-corrected chi connectivity index (χ2v) is 1.77. The van der Waals surface area contributed by atoms with Crippen LogP contribution in [0.4, 0.5) is 0 Å². The molecular formula is C9H10O4V. The van der Waals surface area contributed by atoms with E-state index >= 15 is 0 Å². The second-order valence-electron chi connectivity index (χ2n) is 1.77. The van der Waals surface area contributed by atoms with Crippen LogP contribution in [0.1, 0.15) is 32.1 Å². The molecule has 1 saturated carbocycles. The molecule has 75 valence electrons. The van der Waals surface area contributed by atoms with Gasteiger partial charge in [-0.15, -0.1) is 0 Å². The molecule has 1 radical (unpaired) electrons. The molecule has 14 heavy (non-hydrogen) atoms. The minimum absolute atomic E-state index is 0. The molecule has 1 fully saturated rings. The van der Waals surface area contributed by atoms with Crippen molar-refractivity contribution in [2.45, 2.75) is 32.1 Å². The Balaban J connectivity index is -0.0000000267. The van der Waals surface area contributed by atoms with Gasteiger partial charge in [0.15, 0.2) is 0 Å². The van der Waals surface area contributed by atoms with Crippen LogP contribution in [0.2, 0.25) is 0 Å². The summed E-state index contributed by atoms with van der Waals surface area (Å²) in [6, 6.07) is 0. The van der Waals surface area contributed by atoms with Crippen molar-refractivity contribution < 1.29 is 37.2 Å². The van der Waals surface area contributed by atoms with Gasteiger partial charge in [0, 0.05) is 18.6 Å². The van der Waals surface area contributed by atoms with Crippen LogP contribution in [0.3, 0.4) is 0 Å². The van der Waals surface area contributed by atoms with Crippen molar-refractivity contribution in [1.82, 2.24) is 0 Å². The molecule has 0 aromatic heterocycles. The van der Waals surface area contributed by atoms with Gasteiger partial charge in [-0.05, 0) is 0 Å². The smallest absolute Gasteiger partial charge is 0 e. The molecule has 4 nitrogen and oxygen atoms in total. The number of rotatable bonds is 0. The zero-order chi connectivity index (χ0) is 11.5.